The molecule has 0 unspecified atom stereocenters. The summed E-state index contributed by atoms with van der Waals surface area (Å²) < 4.78 is 6.76. The molecule has 0 aliphatic carbocycles. The lowest BCUT2D eigenvalue weighted by Crippen LogP contribution is -2.28. The standard InChI is InChI=1S/C13H21BrN2O/c1-4-16(5-2)6-7-17-13-10(3)8-11(14)9-12(13)15/h8-9H,4-7,15H2,1-3H3. The fraction of sp³-hybridized carbons (Fsp3) is 0.538. The zero-order chi connectivity index (χ0) is 12.8. The number of likely N-dealkylation sites (N-methyl/N-ethyl adjacent to an activating group) is 1. The van der Waals surface area contributed by atoms with Crippen LogP contribution in [0, 0.1) is 6.92 Å². The maximum atomic E-state index is 5.94. The highest BCUT2D eigenvalue weighted by atomic mass is 79.9. The quantitative estimate of drug-likeness (QED) is 0.821. The van der Waals surface area contributed by atoms with Crippen molar-refractivity contribution >= 4 is 21.6 Å². The van der Waals surface area contributed by atoms with Crippen molar-refractivity contribution in [2.45, 2.75) is 20.8 Å². The molecule has 0 bridgehead atoms. The average molecular weight is 301 g/mol. The molecule has 0 atom stereocenters. The number of ether oxygens (including phenoxy) is 1. The van der Waals surface area contributed by atoms with Crippen LogP contribution in [0.15, 0.2) is 16.6 Å². The van der Waals surface area contributed by atoms with Gasteiger partial charge in [-0.05, 0) is 37.7 Å². The van der Waals surface area contributed by atoms with Crippen molar-refractivity contribution < 1.29 is 4.74 Å². The Morgan fingerprint density at radius 3 is 2.47 bits per heavy atom. The van der Waals surface area contributed by atoms with E-state index in [0.717, 1.165) is 35.4 Å². The Bertz CT molecular complexity index is 341. The number of rotatable bonds is 6. The van der Waals surface area contributed by atoms with Crippen LogP contribution in [-0.4, -0.2) is 31.1 Å². The van der Waals surface area contributed by atoms with Gasteiger partial charge < -0.3 is 15.4 Å². The van der Waals surface area contributed by atoms with Crippen LogP contribution in [0.1, 0.15) is 19.4 Å². The van der Waals surface area contributed by atoms with E-state index in [0.29, 0.717) is 12.3 Å². The molecule has 0 aromatic heterocycles. The minimum absolute atomic E-state index is 0.675. The van der Waals surface area contributed by atoms with Crippen molar-refractivity contribution in [2.75, 3.05) is 32.0 Å². The molecule has 0 aliphatic rings. The van der Waals surface area contributed by atoms with E-state index < -0.39 is 0 Å². The summed E-state index contributed by atoms with van der Waals surface area (Å²) in [5.74, 6) is 0.806. The Balaban J connectivity index is 2.58. The molecule has 0 spiro atoms. The van der Waals surface area contributed by atoms with E-state index in [4.69, 9.17) is 10.5 Å². The van der Waals surface area contributed by atoms with Crippen molar-refractivity contribution in [1.82, 2.24) is 4.90 Å². The second-order valence-electron chi connectivity index (χ2n) is 4.02. The summed E-state index contributed by atoms with van der Waals surface area (Å²) in [5, 5.41) is 0. The molecule has 0 saturated heterocycles. The third-order valence-corrected chi connectivity index (χ3v) is 3.27. The van der Waals surface area contributed by atoms with Gasteiger partial charge in [0.25, 0.3) is 0 Å². The number of halogens is 1. The molecule has 1 aromatic rings. The van der Waals surface area contributed by atoms with Gasteiger partial charge in [0.05, 0.1) is 5.69 Å². The Morgan fingerprint density at radius 2 is 1.94 bits per heavy atom. The van der Waals surface area contributed by atoms with Gasteiger partial charge >= 0.3 is 0 Å². The fourth-order valence-corrected chi connectivity index (χ4v) is 2.36. The highest BCUT2D eigenvalue weighted by Gasteiger charge is 2.07. The summed E-state index contributed by atoms with van der Waals surface area (Å²) in [7, 11) is 0. The molecule has 1 aromatic carbocycles. The number of hydrogen-bond donors (Lipinski definition) is 1. The number of aryl methyl sites for hydroxylation is 1. The van der Waals surface area contributed by atoms with Gasteiger partial charge in [0, 0.05) is 11.0 Å². The zero-order valence-electron chi connectivity index (χ0n) is 10.8. The predicted octanol–water partition coefficient (Wildman–Crippen LogP) is 3.06. The van der Waals surface area contributed by atoms with Crippen molar-refractivity contribution in [1.29, 1.82) is 0 Å². The predicted molar refractivity (Wildman–Crippen MR) is 76.6 cm³/mol. The van der Waals surface area contributed by atoms with Crippen molar-refractivity contribution in [3.8, 4) is 5.75 Å². The van der Waals surface area contributed by atoms with Crippen molar-refractivity contribution in [3.63, 3.8) is 0 Å². The van der Waals surface area contributed by atoms with E-state index in [1.807, 2.05) is 19.1 Å². The van der Waals surface area contributed by atoms with Gasteiger partial charge in [-0.3, -0.25) is 0 Å². The normalized spacial score (nSPS) is 10.9. The van der Waals surface area contributed by atoms with Crippen LogP contribution >= 0.6 is 15.9 Å². The number of nitrogen functional groups attached to an aromatic ring is 1. The van der Waals surface area contributed by atoms with Crippen LogP contribution in [0.5, 0.6) is 5.75 Å². The van der Waals surface area contributed by atoms with E-state index >= 15 is 0 Å². The molecule has 0 saturated carbocycles. The summed E-state index contributed by atoms with van der Waals surface area (Å²) in [6.07, 6.45) is 0. The van der Waals surface area contributed by atoms with Crippen LogP contribution in [0.4, 0.5) is 5.69 Å². The number of anilines is 1. The Labute approximate surface area is 112 Å². The van der Waals surface area contributed by atoms with Crippen molar-refractivity contribution in [2.24, 2.45) is 0 Å². The largest absolute Gasteiger partial charge is 0.490 e. The third kappa shape index (κ3) is 4.21. The number of hydrogen-bond acceptors (Lipinski definition) is 3. The van der Waals surface area contributed by atoms with E-state index in [1.54, 1.807) is 0 Å². The fourth-order valence-electron chi connectivity index (χ4n) is 1.77. The number of benzene rings is 1. The molecular weight excluding hydrogens is 280 g/mol. The first kappa shape index (κ1) is 14.3. The Kier molecular flexibility index (Phi) is 5.78. The summed E-state index contributed by atoms with van der Waals surface area (Å²) in [4.78, 5) is 2.32. The zero-order valence-corrected chi connectivity index (χ0v) is 12.4. The Hall–Kier alpha value is -0.740. The van der Waals surface area contributed by atoms with E-state index in [-0.39, 0.29) is 0 Å². The molecule has 17 heavy (non-hydrogen) atoms. The molecule has 2 N–H and O–H groups in total. The van der Waals surface area contributed by atoms with Gasteiger partial charge in [0.15, 0.2) is 0 Å². The van der Waals surface area contributed by atoms with Crippen LogP contribution in [0.25, 0.3) is 0 Å². The molecule has 3 nitrogen and oxygen atoms in total. The average Bonchev–Trinajstić information content (AvgIpc) is 2.27. The first-order valence-corrected chi connectivity index (χ1v) is 6.78. The molecule has 4 heteroatoms. The van der Waals surface area contributed by atoms with E-state index in [1.165, 1.54) is 0 Å². The van der Waals surface area contributed by atoms with Crippen LogP contribution in [-0.2, 0) is 0 Å². The van der Waals surface area contributed by atoms with E-state index in [2.05, 4.69) is 34.7 Å². The second kappa shape index (κ2) is 6.87. The minimum atomic E-state index is 0.675. The lowest BCUT2D eigenvalue weighted by Gasteiger charge is -2.19. The van der Waals surface area contributed by atoms with Gasteiger partial charge in [-0.2, -0.15) is 0 Å². The second-order valence-corrected chi connectivity index (χ2v) is 4.93. The van der Waals surface area contributed by atoms with Crippen LogP contribution in [0.3, 0.4) is 0 Å². The molecule has 0 aliphatic heterocycles. The minimum Gasteiger partial charge on any atom is -0.490 e. The third-order valence-electron chi connectivity index (χ3n) is 2.82. The highest BCUT2D eigenvalue weighted by Crippen LogP contribution is 2.29. The van der Waals surface area contributed by atoms with Gasteiger partial charge in [-0.15, -0.1) is 0 Å². The SMILES string of the molecule is CCN(CC)CCOc1c(C)cc(Br)cc1N. The molecule has 0 fully saturated rings. The summed E-state index contributed by atoms with van der Waals surface area (Å²) in [6.45, 7) is 10.0. The monoisotopic (exact) mass is 300 g/mol. The lowest BCUT2D eigenvalue weighted by atomic mass is 10.2. The lowest BCUT2D eigenvalue weighted by molar-refractivity contribution is 0.222. The number of nitrogens with zero attached hydrogens (tertiary/aromatic N) is 1. The summed E-state index contributed by atoms with van der Waals surface area (Å²) in [5.41, 5.74) is 7.69. The maximum Gasteiger partial charge on any atom is 0.145 e. The molecule has 0 heterocycles. The first-order chi connectivity index (χ1) is 8.08. The summed E-state index contributed by atoms with van der Waals surface area (Å²) >= 11 is 3.42. The summed E-state index contributed by atoms with van der Waals surface area (Å²) in [6, 6.07) is 3.89. The molecule has 0 radical (unpaired) electrons. The van der Waals surface area contributed by atoms with Gasteiger partial charge in [0.1, 0.15) is 12.4 Å². The van der Waals surface area contributed by atoms with Gasteiger partial charge in [-0.1, -0.05) is 29.8 Å². The molecule has 96 valence electrons. The topological polar surface area (TPSA) is 38.5 Å². The van der Waals surface area contributed by atoms with Gasteiger partial charge in [0.2, 0.25) is 0 Å². The van der Waals surface area contributed by atoms with Gasteiger partial charge in [-0.25, -0.2) is 0 Å². The van der Waals surface area contributed by atoms with E-state index in [9.17, 15) is 0 Å². The smallest absolute Gasteiger partial charge is 0.145 e. The first-order valence-electron chi connectivity index (χ1n) is 5.99. The number of nitrogens with two attached hydrogens (primary N) is 1. The molecular formula is C13H21BrN2O. The van der Waals surface area contributed by atoms with Crippen LogP contribution < -0.4 is 10.5 Å². The maximum absolute atomic E-state index is 5.94. The van der Waals surface area contributed by atoms with Crippen LogP contribution in [0.2, 0.25) is 0 Å². The molecule has 0 amide bonds. The Morgan fingerprint density at radius 1 is 1.29 bits per heavy atom. The highest BCUT2D eigenvalue weighted by molar-refractivity contribution is 9.10. The van der Waals surface area contributed by atoms with Crippen molar-refractivity contribution in [3.05, 3.63) is 22.2 Å². The molecule has 1 rings (SSSR count).